The molecule has 10 rings (SSSR count). The van der Waals surface area contributed by atoms with Crippen molar-refractivity contribution < 1.29 is 8.83 Å². The second-order valence-corrected chi connectivity index (χ2v) is 12.0. The molecule has 9 aromatic rings. The molecule has 0 saturated carbocycles. The smallest absolute Gasteiger partial charge is 0.227 e. The summed E-state index contributed by atoms with van der Waals surface area (Å²) in [5.74, 6) is 1.46. The number of hydrogen-bond acceptors (Lipinski definition) is 4. The standard InChI is InChI=1S/C43H26N2O2/c1-3-10-27(11-4-1)28-18-20-31(21-19-28)45(32-22-23-35-34-15-7-8-17-38(34)46-39(35)26-32)33-24-30-14-9-16-36-40(30)37(25-33)41-42(36)47-43(44-41)29-12-5-2-6-13-29/h1-26H. The van der Waals surface area contributed by atoms with Gasteiger partial charge < -0.3 is 13.7 Å². The van der Waals surface area contributed by atoms with E-state index in [0.717, 1.165) is 72.5 Å². The average molecular weight is 603 g/mol. The van der Waals surface area contributed by atoms with Crippen molar-refractivity contribution >= 4 is 49.8 Å². The van der Waals surface area contributed by atoms with E-state index in [2.05, 4.69) is 114 Å². The van der Waals surface area contributed by atoms with Gasteiger partial charge in [-0.1, -0.05) is 97.1 Å². The summed E-state index contributed by atoms with van der Waals surface area (Å²) in [6.07, 6.45) is 0. The Bertz CT molecular complexity index is 2620. The van der Waals surface area contributed by atoms with E-state index in [1.54, 1.807) is 0 Å². The second kappa shape index (κ2) is 10.1. The molecular weight excluding hydrogens is 576 g/mol. The third-order valence-corrected chi connectivity index (χ3v) is 9.22. The fourth-order valence-corrected chi connectivity index (χ4v) is 7.04. The monoisotopic (exact) mass is 602 g/mol. The lowest BCUT2D eigenvalue weighted by Crippen LogP contribution is -2.10. The van der Waals surface area contributed by atoms with Crippen LogP contribution in [0, 0.1) is 0 Å². The first-order chi connectivity index (χ1) is 23.3. The van der Waals surface area contributed by atoms with E-state index >= 15 is 0 Å². The van der Waals surface area contributed by atoms with Crippen molar-refractivity contribution in [3.63, 3.8) is 0 Å². The third-order valence-electron chi connectivity index (χ3n) is 9.22. The highest BCUT2D eigenvalue weighted by molar-refractivity contribution is 6.15. The number of rotatable bonds is 5. The first-order valence-corrected chi connectivity index (χ1v) is 15.8. The number of oxazole rings is 1. The summed E-state index contributed by atoms with van der Waals surface area (Å²) >= 11 is 0. The summed E-state index contributed by atoms with van der Waals surface area (Å²) in [4.78, 5) is 7.36. The topological polar surface area (TPSA) is 42.4 Å². The minimum atomic E-state index is 0.632. The second-order valence-electron chi connectivity index (χ2n) is 12.0. The molecule has 0 saturated heterocycles. The van der Waals surface area contributed by atoms with Gasteiger partial charge in [-0.2, -0.15) is 0 Å². The summed E-state index contributed by atoms with van der Waals surface area (Å²) in [6, 6.07) is 55.0. The van der Waals surface area contributed by atoms with E-state index in [1.165, 1.54) is 16.5 Å². The molecule has 4 heteroatoms. The molecule has 1 aliphatic rings. The van der Waals surface area contributed by atoms with Gasteiger partial charge in [-0.05, 0) is 71.1 Å². The van der Waals surface area contributed by atoms with E-state index in [4.69, 9.17) is 13.8 Å². The molecule has 0 fully saturated rings. The minimum absolute atomic E-state index is 0.632. The molecule has 0 aliphatic heterocycles. The predicted molar refractivity (Wildman–Crippen MR) is 191 cm³/mol. The molecule has 0 atom stereocenters. The summed E-state index contributed by atoms with van der Waals surface area (Å²) in [7, 11) is 0. The molecule has 4 nitrogen and oxygen atoms in total. The molecule has 7 aromatic carbocycles. The van der Waals surface area contributed by atoms with Gasteiger partial charge in [-0.25, -0.2) is 4.98 Å². The zero-order valence-corrected chi connectivity index (χ0v) is 25.2. The van der Waals surface area contributed by atoms with Crippen molar-refractivity contribution in [2.24, 2.45) is 0 Å². The van der Waals surface area contributed by atoms with Crippen molar-refractivity contribution in [1.82, 2.24) is 4.98 Å². The predicted octanol–water partition coefficient (Wildman–Crippen LogP) is 12.2. The number of para-hydroxylation sites is 1. The van der Waals surface area contributed by atoms with Gasteiger partial charge in [0.1, 0.15) is 16.9 Å². The Balaban J connectivity index is 1.17. The van der Waals surface area contributed by atoms with Crippen LogP contribution in [0.1, 0.15) is 0 Å². The van der Waals surface area contributed by atoms with E-state index in [1.807, 2.05) is 48.5 Å². The van der Waals surface area contributed by atoms with Crippen molar-refractivity contribution in [2.45, 2.75) is 0 Å². The van der Waals surface area contributed by atoms with Crippen LogP contribution in [0.25, 0.3) is 77.9 Å². The first kappa shape index (κ1) is 25.9. The molecule has 0 spiro atoms. The number of hydrogen-bond donors (Lipinski definition) is 0. The van der Waals surface area contributed by atoms with Crippen molar-refractivity contribution in [3.05, 3.63) is 158 Å². The van der Waals surface area contributed by atoms with Gasteiger partial charge in [0, 0.05) is 56.0 Å². The number of furan rings is 1. The molecular formula is C43H26N2O2. The fraction of sp³-hybridized carbons (Fsp3) is 0. The van der Waals surface area contributed by atoms with Crippen molar-refractivity contribution in [2.75, 3.05) is 4.90 Å². The number of fused-ring (bicyclic) bond motifs is 6. The Morgan fingerprint density at radius 2 is 1.15 bits per heavy atom. The van der Waals surface area contributed by atoms with Gasteiger partial charge in [-0.3, -0.25) is 0 Å². The normalized spacial score (nSPS) is 11.8. The van der Waals surface area contributed by atoms with Gasteiger partial charge >= 0.3 is 0 Å². The van der Waals surface area contributed by atoms with Gasteiger partial charge in [0.05, 0.1) is 0 Å². The Hall–Kier alpha value is -6.39. The van der Waals surface area contributed by atoms with Crippen LogP contribution in [0.2, 0.25) is 0 Å². The Kier molecular flexibility index (Phi) is 5.54. The van der Waals surface area contributed by atoms with Crippen LogP contribution in [-0.2, 0) is 0 Å². The van der Waals surface area contributed by atoms with Crippen LogP contribution in [0.5, 0.6) is 0 Å². The summed E-state index contributed by atoms with van der Waals surface area (Å²) in [5, 5.41) is 4.53. The van der Waals surface area contributed by atoms with Crippen LogP contribution in [-0.4, -0.2) is 4.98 Å². The molecule has 0 N–H and O–H groups in total. The number of aromatic nitrogens is 1. The highest BCUT2D eigenvalue weighted by Gasteiger charge is 2.29. The molecule has 0 radical (unpaired) electrons. The third kappa shape index (κ3) is 4.05. The summed E-state index contributed by atoms with van der Waals surface area (Å²) in [6.45, 7) is 0. The SMILES string of the molecule is c1ccc(-c2ccc(N(c3cc4c5c(cccc5c3)-c3oc(-c5ccccc5)nc3-4)c3ccc4c(c3)oc3ccccc34)cc2)cc1. The number of benzene rings is 7. The van der Waals surface area contributed by atoms with E-state index in [9.17, 15) is 0 Å². The molecule has 2 aromatic heterocycles. The number of anilines is 3. The highest BCUT2D eigenvalue weighted by Crippen LogP contribution is 2.51. The first-order valence-electron chi connectivity index (χ1n) is 15.8. The summed E-state index contributed by atoms with van der Waals surface area (Å²) < 4.78 is 12.8. The largest absolute Gasteiger partial charge is 0.456 e. The molecule has 220 valence electrons. The van der Waals surface area contributed by atoms with Crippen LogP contribution in [0.15, 0.2) is 167 Å². The summed E-state index contributed by atoms with van der Waals surface area (Å²) in [5.41, 5.74) is 11.2. The highest BCUT2D eigenvalue weighted by atomic mass is 16.4. The average Bonchev–Trinajstić information content (AvgIpc) is 3.82. The van der Waals surface area contributed by atoms with Crippen LogP contribution in [0.4, 0.5) is 17.1 Å². The quantitative estimate of drug-likeness (QED) is 0.197. The van der Waals surface area contributed by atoms with Crippen LogP contribution >= 0.6 is 0 Å². The van der Waals surface area contributed by atoms with Crippen molar-refractivity contribution in [1.29, 1.82) is 0 Å². The van der Waals surface area contributed by atoms with Crippen LogP contribution in [0.3, 0.4) is 0 Å². The zero-order chi connectivity index (χ0) is 30.9. The van der Waals surface area contributed by atoms with E-state index < -0.39 is 0 Å². The van der Waals surface area contributed by atoms with Gasteiger partial charge in [-0.15, -0.1) is 0 Å². The molecule has 47 heavy (non-hydrogen) atoms. The Morgan fingerprint density at radius 1 is 0.447 bits per heavy atom. The zero-order valence-electron chi connectivity index (χ0n) is 25.2. The maximum Gasteiger partial charge on any atom is 0.227 e. The van der Waals surface area contributed by atoms with E-state index in [-0.39, 0.29) is 0 Å². The molecule has 0 bridgehead atoms. The lowest BCUT2D eigenvalue weighted by molar-refractivity contribution is 0.590. The van der Waals surface area contributed by atoms with Gasteiger partial charge in [0.2, 0.25) is 5.89 Å². The maximum absolute atomic E-state index is 6.45. The molecule has 1 aliphatic carbocycles. The Labute approximate surface area is 270 Å². The lowest BCUT2D eigenvalue weighted by Gasteiger charge is -2.26. The lowest BCUT2D eigenvalue weighted by atomic mass is 10.0. The van der Waals surface area contributed by atoms with Crippen molar-refractivity contribution in [3.8, 4) is 45.2 Å². The molecule has 0 amide bonds. The molecule has 2 heterocycles. The van der Waals surface area contributed by atoms with Gasteiger partial charge in [0.25, 0.3) is 0 Å². The minimum Gasteiger partial charge on any atom is -0.456 e. The Morgan fingerprint density at radius 3 is 1.98 bits per heavy atom. The van der Waals surface area contributed by atoms with E-state index in [0.29, 0.717) is 5.89 Å². The maximum atomic E-state index is 6.45. The van der Waals surface area contributed by atoms with Crippen LogP contribution < -0.4 is 4.90 Å². The number of nitrogens with zero attached hydrogens (tertiary/aromatic N) is 2. The fourth-order valence-electron chi connectivity index (χ4n) is 7.04. The molecule has 0 unspecified atom stereocenters. The van der Waals surface area contributed by atoms with Gasteiger partial charge in [0.15, 0.2) is 5.76 Å².